The highest BCUT2D eigenvalue weighted by molar-refractivity contribution is 6.34. The number of benzene rings is 2. The molecule has 0 radical (unpaired) electrons. The molecule has 0 saturated carbocycles. The minimum atomic E-state index is 0.577. The van der Waals surface area contributed by atoms with Gasteiger partial charge in [0.2, 0.25) is 0 Å². The fourth-order valence-corrected chi connectivity index (χ4v) is 3.04. The largest absolute Gasteiger partial charge is 0.0949 e. The molecule has 1 atom stereocenters. The van der Waals surface area contributed by atoms with Crippen LogP contribution in [-0.2, 0) is 6.42 Å². The molecule has 0 amide bonds. The van der Waals surface area contributed by atoms with E-state index in [0.29, 0.717) is 16.0 Å². The van der Waals surface area contributed by atoms with Crippen LogP contribution in [0.4, 0.5) is 0 Å². The number of hydrogen-bond donors (Lipinski definition) is 0. The van der Waals surface area contributed by atoms with Crippen molar-refractivity contribution in [2.24, 2.45) is 0 Å². The van der Waals surface area contributed by atoms with E-state index >= 15 is 0 Å². The smallest absolute Gasteiger partial charge is 0.0426 e. The molecular formula is C20H22Cl2. The first kappa shape index (κ1) is 17.1. The van der Waals surface area contributed by atoms with Crippen molar-refractivity contribution in [3.8, 4) is 0 Å². The lowest BCUT2D eigenvalue weighted by Crippen LogP contribution is -1.98. The molecule has 116 valence electrons. The third-order valence-electron chi connectivity index (χ3n) is 4.23. The van der Waals surface area contributed by atoms with Crippen molar-refractivity contribution in [2.75, 3.05) is 0 Å². The number of halogens is 2. The fourth-order valence-electron chi connectivity index (χ4n) is 2.51. The topological polar surface area (TPSA) is 0 Å². The second-order valence-corrected chi connectivity index (χ2v) is 6.81. The molecule has 0 N–H and O–H groups in total. The molecule has 2 heteroatoms. The van der Waals surface area contributed by atoms with E-state index in [1.54, 1.807) is 6.07 Å². The molecule has 0 nitrogen and oxygen atoms in total. The molecule has 1 unspecified atom stereocenters. The maximum absolute atomic E-state index is 6.09. The van der Waals surface area contributed by atoms with Crippen LogP contribution in [0, 0.1) is 6.92 Å². The highest BCUT2D eigenvalue weighted by atomic mass is 35.5. The molecule has 2 aromatic rings. The first-order valence-electron chi connectivity index (χ1n) is 7.64. The summed E-state index contributed by atoms with van der Waals surface area (Å²) in [5.41, 5.74) is 6.04. The van der Waals surface area contributed by atoms with E-state index in [9.17, 15) is 0 Å². The van der Waals surface area contributed by atoms with E-state index in [-0.39, 0.29) is 0 Å². The predicted molar refractivity (Wildman–Crippen MR) is 99.1 cm³/mol. The molecule has 0 heterocycles. The maximum atomic E-state index is 6.09. The van der Waals surface area contributed by atoms with Crippen LogP contribution in [0.2, 0.25) is 10.0 Å². The van der Waals surface area contributed by atoms with E-state index in [1.807, 2.05) is 12.1 Å². The second kappa shape index (κ2) is 7.35. The van der Waals surface area contributed by atoms with Gasteiger partial charge in [0.15, 0.2) is 0 Å². The first-order valence-corrected chi connectivity index (χ1v) is 8.40. The Morgan fingerprint density at radius 3 is 2.32 bits per heavy atom. The van der Waals surface area contributed by atoms with Crippen molar-refractivity contribution in [1.29, 1.82) is 0 Å². The minimum Gasteiger partial charge on any atom is -0.0949 e. The molecule has 2 rings (SSSR count). The molecule has 0 aromatic heterocycles. The van der Waals surface area contributed by atoms with Gasteiger partial charge in [-0.15, -0.1) is 0 Å². The summed E-state index contributed by atoms with van der Waals surface area (Å²) < 4.78 is 0. The summed E-state index contributed by atoms with van der Waals surface area (Å²) in [5.74, 6) is 0.577. The van der Waals surface area contributed by atoms with E-state index < -0.39 is 0 Å². The van der Waals surface area contributed by atoms with E-state index in [0.717, 1.165) is 24.0 Å². The van der Waals surface area contributed by atoms with Crippen LogP contribution in [0.15, 0.2) is 43.0 Å². The average Bonchev–Trinajstić information content (AvgIpc) is 2.47. The molecule has 0 aliphatic rings. The third-order valence-corrected chi connectivity index (χ3v) is 4.67. The monoisotopic (exact) mass is 332 g/mol. The van der Waals surface area contributed by atoms with E-state index in [2.05, 4.69) is 45.5 Å². The first-order chi connectivity index (χ1) is 10.4. The number of rotatable bonds is 5. The highest BCUT2D eigenvalue weighted by Crippen LogP contribution is 2.28. The SMILES string of the molecule is C=C(Cc1cc(C(C)CC)ccc1C)c1cc(Cl)cc(Cl)c1. The summed E-state index contributed by atoms with van der Waals surface area (Å²) >= 11 is 12.2. The summed E-state index contributed by atoms with van der Waals surface area (Å²) in [6.45, 7) is 10.9. The van der Waals surface area contributed by atoms with Gasteiger partial charge in [0.05, 0.1) is 0 Å². The Morgan fingerprint density at radius 2 is 1.73 bits per heavy atom. The van der Waals surface area contributed by atoms with E-state index in [1.165, 1.54) is 16.7 Å². The summed E-state index contributed by atoms with van der Waals surface area (Å²) in [4.78, 5) is 0. The quantitative estimate of drug-likeness (QED) is 0.549. The Bertz CT molecular complexity index is 666. The Hall–Kier alpha value is -1.24. The van der Waals surface area contributed by atoms with Crippen LogP contribution in [0.5, 0.6) is 0 Å². The van der Waals surface area contributed by atoms with Crippen molar-refractivity contribution in [3.05, 3.63) is 75.3 Å². The highest BCUT2D eigenvalue weighted by Gasteiger charge is 2.09. The van der Waals surface area contributed by atoms with Gasteiger partial charge in [0.1, 0.15) is 0 Å². The van der Waals surface area contributed by atoms with Crippen molar-refractivity contribution >= 4 is 28.8 Å². The Morgan fingerprint density at radius 1 is 1.09 bits per heavy atom. The van der Waals surface area contributed by atoms with Gasteiger partial charge < -0.3 is 0 Å². The van der Waals surface area contributed by atoms with Crippen molar-refractivity contribution < 1.29 is 0 Å². The number of hydrogen-bond acceptors (Lipinski definition) is 0. The minimum absolute atomic E-state index is 0.577. The zero-order valence-electron chi connectivity index (χ0n) is 13.4. The Balaban J connectivity index is 2.27. The lowest BCUT2D eigenvalue weighted by Gasteiger charge is -2.15. The normalized spacial score (nSPS) is 12.2. The summed E-state index contributed by atoms with van der Waals surface area (Å²) in [5, 5.41) is 1.29. The van der Waals surface area contributed by atoms with Crippen LogP contribution >= 0.6 is 23.2 Å². The molecular weight excluding hydrogens is 311 g/mol. The lowest BCUT2D eigenvalue weighted by molar-refractivity contribution is 0.732. The standard InChI is InChI=1S/C20H22Cl2/c1-5-13(2)16-7-6-14(3)17(9-16)8-15(4)18-10-19(21)12-20(22)11-18/h6-7,9-13H,4-5,8H2,1-3H3. The van der Waals surface area contributed by atoms with Gasteiger partial charge in [0, 0.05) is 10.0 Å². The lowest BCUT2D eigenvalue weighted by atomic mass is 9.91. The zero-order valence-corrected chi connectivity index (χ0v) is 14.9. The van der Waals surface area contributed by atoms with Gasteiger partial charge >= 0.3 is 0 Å². The predicted octanol–water partition coefficient (Wildman–Crippen LogP) is 7.07. The number of aryl methyl sites for hydroxylation is 1. The van der Waals surface area contributed by atoms with E-state index in [4.69, 9.17) is 23.2 Å². The summed E-state index contributed by atoms with van der Waals surface area (Å²) in [7, 11) is 0. The summed E-state index contributed by atoms with van der Waals surface area (Å²) in [6.07, 6.45) is 1.96. The van der Waals surface area contributed by atoms with Crippen LogP contribution in [0.3, 0.4) is 0 Å². The molecule has 2 aromatic carbocycles. The summed E-state index contributed by atoms with van der Waals surface area (Å²) in [6, 6.07) is 12.3. The molecule has 0 aliphatic heterocycles. The van der Waals surface area contributed by atoms with Gasteiger partial charge in [-0.25, -0.2) is 0 Å². The van der Waals surface area contributed by atoms with Gasteiger partial charge in [0.25, 0.3) is 0 Å². The van der Waals surface area contributed by atoms with Crippen molar-refractivity contribution in [2.45, 2.75) is 39.5 Å². The van der Waals surface area contributed by atoms with Crippen LogP contribution in [0.25, 0.3) is 5.57 Å². The molecule has 0 fully saturated rings. The van der Waals surface area contributed by atoms with Gasteiger partial charge in [-0.2, -0.15) is 0 Å². The average molecular weight is 333 g/mol. The fraction of sp³-hybridized carbons (Fsp3) is 0.300. The molecule has 0 saturated heterocycles. The second-order valence-electron chi connectivity index (χ2n) is 5.93. The molecule has 0 aliphatic carbocycles. The van der Waals surface area contributed by atoms with Crippen molar-refractivity contribution in [1.82, 2.24) is 0 Å². The third kappa shape index (κ3) is 4.15. The number of allylic oxidation sites excluding steroid dienone is 1. The molecule has 0 spiro atoms. The molecule has 22 heavy (non-hydrogen) atoms. The van der Waals surface area contributed by atoms with Crippen LogP contribution in [0.1, 0.15) is 48.4 Å². The van der Waals surface area contributed by atoms with Crippen LogP contribution < -0.4 is 0 Å². The van der Waals surface area contributed by atoms with Crippen molar-refractivity contribution in [3.63, 3.8) is 0 Å². The maximum Gasteiger partial charge on any atom is 0.0426 e. The van der Waals surface area contributed by atoms with Gasteiger partial charge in [-0.3, -0.25) is 0 Å². The van der Waals surface area contributed by atoms with Crippen LogP contribution in [-0.4, -0.2) is 0 Å². The Kier molecular flexibility index (Phi) is 5.72. The molecule has 0 bridgehead atoms. The van der Waals surface area contributed by atoms with Gasteiger partial charge in [-0.1, -0.05) is 61.8 Å². The Labute approximate surface area is 143 Å². The zero-order chi connectivity index (χ0) is 16.3. The van der Waals surface area contributed by atoms with Gasteiger partial charge in [-0.05, 0) is 71.7 Å².